The fourth-order valence-electron chi connectivity index (χ4n) is 2.58. The summed E-state index contributed by atoms with van der Waals surface area (Å²) >= 11 is 0. The first-order valence-corrected chi connectivity index (χ1v) is 6.69. The van der Waals surface area contributed by atoms with Crippen molar-refractivity contribution in [1.29, 1.82) is 0 Å². The van der Waals surface area contributed by atoms with Crippen molar-refractivity contribution in [2.45, 2.75) is 31.6 Å². The maximum atomic E-state index is 3.62. The molecule has 0 aromatic heterocycles. The van der Waals surface area contributed by atoms with Crippen molar-refractivity contribution >= 4 is 0 Å². The van der Waals surface area contributed by atoms with E-state index in [9.17, 15) is 0 Å². The van der Waals surface area contributed by atoms with Crippen LogP contribution < -0.4 is 5.32 Å². The van der Waals surface area contributed by atoms with Crippen LogP contribution in [0.4, 0.5) is 0 Å². The molecule has 0 saturated heterocycles. The Labute approximate surface area is 98.3 Å². The molecule has 0 bridgehead atoms. The fraction of sp³-hybridized carbons (Fsp3) is 0.600. The molecule has 0 amide bonds. The van der Waals surface area contributed by atoms with Gasteiger partial charge >= 0.3 is 0 Å². The van der Waals surface area contributed by atoms with E-state index in [0.717, 1.165) is 17.8 Å². The highest BCUT2D eigenvalue weighted by molar-refractivity contribution is 5.25. The topological polar surface area (TPSA) is 12.0 Å². The van der Waals surface area contributed by atoms with Gasteiger partial charge in [-0.2, -0.15) is 0 Å². The molecule has 0 radical (unpaired) electrons. The van der Waals surface area contributed by atoms with E-state index in [-0.39, 0.29) is 0 Å². The fourth-order valence-corrected chi connectivity index (χ4v) is 2.58. The highest BCUT2D eigenvalue weighted by atomic mass is 14.9. The predicted molar refractivity (Wildman–Crippen MR) is 67.5 cm³/mol. The Morgan fingerprint density at radius 1 is 1.12 bits per heavy atom. The molecule has 16 heavy (non-hydrogen) atoms. The maximum absolute atomic E-state index is 3.62. The second-order valence-electron chi connectivity index (χ2n) is 5.45. The van der Waals surface area contributed by atoms with E-state index < -0.39 is 0 Å². The Hall–Kier alpha value is -0.820. The first-order chi connectivity index (χ1) is 7.93. The average molecular weight is 215 g/mol. The number of nitrogens with one attached hydrogen (secondary N) is 1. The lowest BCUT2D eigenvalue weighted by molar-refractivity contribution is 0.581. The smallest absolute Gasteiger partial charge is 0.00144 e. The van der Waals surface area contributed by atoms with Crippen LogP contribution in [-0.2, 0) is 0 Å². The molecule has 1 aromatic rings. The van der Waals surface area contributed by atoms with Crippen LogP contribution in [0.1, 0.15) is 37.2 Å². The van der Waals surface area contributed by atoms with Gasteiger partial charge in [-0.05, 0) is 49.2 Å². The van der Waals surface area contributed by atoms with Crippen LogP contribution in [0.5, 0.6) is 0 Å². The van der Waals surface area contributed by atoms with Crippen molar-refractivity contribution in [3.8, 4) is 0 Å². The summed E-state index contributed by atoms with van der Waals surface area (Å²) in [6.07, 6.45) is 5.76. The van der Waals surface area contributed by atoms with E-state index in [1.165, 1.54) is 44.3 Å². The minimum absolute atomic E-state index is 0.842. The van der Waals surface area contributed by atoms with Gasteiger partial charge in [0.15, 0.2) is 0 Å². The molecule has 3 rings (SSSR count). The van der Waals surface area contributed by atoms with E-state index in [0.29, 0.717) is 0 Å². The molecule has 1 heteroatoms. The molecule has 0 aliphatic heterocycles. The lowest BCUT2D eigenvalue weighted by Gasteiger charge is -2.03. The number of rotatable bonds is 6. The average Bonchev–Trinajstić information content (AvgIpc) is 3.21. The molecule has 2 atom stereocenters. The lowest BCUT2D eigenvalue weighted by atomic mass is 10.1. The highest BCUT2D eigenvalue weighted by Gasteiger charge is 2.37. The third-order valence-electron chi connectivity index (χ3n) is 3.98. The number of hydrogen-bond donors (Lipinski definition) is 1. The normalized spacial score (nSPS) is 28.0. The summed E-state index contributed by atoms with van der Waals surface area (Å²) in [5.41, 5.74) is 1.54. The van der Waals surface area contributed by atoms with Crippen LogP contribution in [0.15, 0.2) is 30.3 Å². The van der Waals surface area contributed by atoms with Gasteiger partial charge in [-0.25, -0.2) is 0 Å². The zero-order valence-corrected chi connectivity index (χ0v) is 9.86. The summed E-state index contributed by atoms with van der Waals surface area (Å²) in [5.74, 6) is 2.81. The van der Waals surface area contributed by atoms with Crippen molar-refractivity contribution in [1.82, 2.24) is 5.32 Å². The Morgan fingerprint density at radius 3 is 2.69 bits per heavy atom. The van der Waals surface area contributed by atoms with Gasteiger partial charge in [0.05, 0.1) is 0 Å². The molecule has 86 valence electrons. The van der Waals surface area contributed by atoms with Gasteiger partial charge in [0.2, 0.25) is 0 Å². The van der Waals surface area contributed by atoms with E-state index in [2.05, 4.69) is 35.6 Å². The summed E-state index contributed by atoms with van der Waals surface area (Å²) in [6.45, 7) is 2.47. The van der Waals surface area contributed by atoms with Gasteiger partial charge in [-0.1, -0.05) is 43.2 Å². The molecule has 2 saturated carbocycles. The minimum Gasteiger partial charge on any atom is -0.316 e. The zero-order chi connectivity index (χ0) is 10.8. The number of benzene rings is 1. The third kappa shape index (κ3) is 2.65. The largest absolute Gasteiger partial charge is 0.316 e. The third-order valence-corrected chi connectivity index (χ3v) is 3.98. The quantitative estimate of drug-likeness (QED) is 0.719. The van der Waals surface area contributed by atoms with Gasteiger partial charge in [0.25, 0.3) is 0 Å². The van der Waals surface area contributed by atoms with Crippen LogP contribution in [0, 0.1) is 11.8 Å². The Kier molecular flexibility index (Phi) is 2.96. The molecule has 1 nitrogen and oxygen atoms in total. The van der Waals surface area contributed by atoms with Crippen LogP contribution in [0.25, 0.3) is 0 Å². The van der Waals surface area contributed by atoms with E-state index in [1.54, 1.807) is 0 Å². The molecule has 1 aromatic carbocycles. The molecule has 0 heterocycles. The van der Waals surface area contributed by atoms with Crippen molar-refractivity contribution < 1.29 is 0 Å². The van der Waals surface area contributed by atoms with E-state index >= 15 is 0 Å². The van der Waals surface area contributed by atoms with Crippen molar-refractivity contribution in [2.24, 2.45) is 11.8 Å². The Morgan fingerprint density at radius 2 is 1.94 bits per heavy atom. The zero-order valence-electron chi connectivity index (χ0n) is 9.86. The standard InChI is InChI=1S/C15H21N/c1-2-4-13(5-3-1)15-10-14(15)11-16-9-8-12-6-7-12/h1-5,12,14-16H,6-11H2. The predicted octanol–water partition coefficient (Wildman–Crippen LogP) is 3.18. The second-order valence-corrected chi connectivity index (χ2v) is 5.45. The molecule has 2 unspecified atom stereocenters. The van der Waals surface area contributed by atoms with Crippen molar-refractivity contribution in [3.05, 3.63) is 35.9 Å². The van der Waals surface area contributed by atoms with Gasteiger partial charge in [0, 0.05) is 0 Å². The van der Waals surface area contributed by atoms with Gasteiger partial charge in [-0.15, -0.1) is 0 Å². The Balaban J connectivity index is 1.36. The van der Waals surface area contributed by atoms with Crippen LogP contribution in [-0.4, -0.2) is 13.1 Å². The molecular formula is C15H21N. The summed E-state index contributed by atoms with van der Waals surface area (Å²) < 4.78 is 0. The highest BCUT2D eigenvalue weighted by Crippen LogP contribution is 2.46. The Bertz CT molecular complexity index is 329. The minimum atomic E-state index is 0.842. The van der Waals surface area contributed by atoms with Crippen LogP contribution in [0.2, 0.25) is 0 Å². The first kappa shape index (κ1) is 10.3. The first-order valence-electron chi connectivity index (χ1n) is 6.69. The molecule has 2 aliphatic rings. The van der Waals surface area contributed by atoms with Crippen LogP contribution in [0.3, 0.4) is 0 Å². The van der Waals surface area contributed by atoms with E-state index in [4.69, 9.17) is 0 Å². The second kappa shape index (κ2) is 4.58. The molecular weight excluding hydrogens is 194 g/mol. The van der Waals surface area contributed by atoms with Gasteiger partial charge in [-0.3, -0.25) is 0 Å². The van der Waals surface area contributed by atoms with Crippen molar-refractivity contribution in [3.63, 3.8) is 0 Å². The molecule has 0 spiro atoms. The SMILES string of the molecule is c1ccc(C2CC2CNCCC2CC2)cc1. The molecule has 1 N–H and O–H groups in total. The lowest BCUT2D eigenvalue weighted by Crippen LogP contribution is -2.19. The van der Waals surface area contributed by atoms with Gasteiger partial charge < -0.3 is 5.32 Å². The molecule has 2 fully saturated rings. The summed E-state index contributed by atoms with van der Waals surface area (Å²) in [6, 6.07) is 11.0. The van der Waals surface area contributed by atoms with Crippen LogP contribution >= 0.6 is 0 Å². The summed E-state index contributed by atoms with van der Waals surface area (Å²) in [5, 5.41) is 3.62. The maximum Gasteiger partial charge on any atom is -0.00144 e. The molecule has 2 aliphatic carbocycles. The van der Waals surface area contributed by atoms with E-state index in [1.807, 2.05) is 0 Å². The number of hydrogen-bond acceptors (Lipinski definition) is 1. The van der Waals surface area contributed by atoms with Crippen molar-refractivity contribution in [2.75, 3.05) is 13.1 Å². The summed E-state index contributed by atoms with van der Waals surface area (Å²) in [4.78, 5) is 0. The summed E-state index contributed by atoms with van der Waals surface area (Å²) in [7, 11) is 0. The monoisotopic (exact) mass is 215 g/mol. The van der Waals surface area contributed by atoms with Gasteiger partial charge in [0.1, 0.15) is 0 Å².